The van der Waals surface area contributed by atoms with Crippen molar-refractivity contribution >= 4 is 0 Å². The molecular formula is C16H25N. The molecule has 0 radical (unpaired) electrons. The van der Waals surface area contributed by atoms with Gasteiger partial charge in [0.1, 0.15) is 0 Å². The third kappa shape index (κ3) is 3.57. The third-order valence-corrected chi connectivity index (χ3v) is 3.86. The summed E-state index contributed by atoms with van der Waals surface area (Å²) in [7, 11) is 0. The number of aryl methyl sites for hydroxylation is 1. The van der Waals surface area contributed by atoms with Gasteiger partial charge >= 0.3 is 0 Å². The summed E-state index contributed by atoms with van der Waals surface area (Å²) in [6.45, 7) is 7.16. The average Bonchev–Trinajstić information content (AvgIpc) is 2.26. The lowest BCUT2D eigenvalue weighted by Crippen LogP contribution is -2.54. The van der Waals surface area contributed by atoms with Crippen molar-refractivity contribution in [2.45, 2.75) is 39.5 Å². The van der Waals surface area contributed by atoms with Gasteiger partial charge in [0.25, 0.3) is 0 Å². The summed E-state index contributed by atoms with van der Waals surface area (Å²) in [6, 6.07) is 10.9. The van der Waals surface area contributed by atoms with Crippen LogP contribution in [0.1, 0.15) is 38.7 Å². The molecule has 0 amide bonds. The molecule has 2 rings (SSSR count). The van der Waals surface area contributed by atoms with Gasteiger partial charge in [-0.05, 0) is 42.6 Å². The lowest BCUT2D eigenvalue weighted by Gasteiger charge is -2.44. The maximum absolute atomic E-state index is 3.46. The molecule has 1 N–H and O–H groups in total. The highest BCUT2D eigenvalue weighted by Crippen LogP contribution is 2.35. The molecule has 0 saturated carbocycles. The van der Waals surface area contributed by atoms with Gasteiger partial charge in [-0.2, -0.15) is 0 Å². The van der Waals surface area contributed by atoms with Crippen LogP contribution >= 0.6 is 0 Å². The molecule has 1 heteroatoms. The predicted octanol–water partition coefficient (Wildman–Crippen LogP) is 3.65. The van der Waals surface area contributed by atoms with E-state index in [1.165, 1.54) is 44.3 Å². The van der Waals surface area contributed by atoms with E-state index in [9.17, 15) is 0 Å². The van der Waals surface area contributed by atoms with E-state index in [0.29, 0.717) is 5.41 Å². The Morgan fingerprint density at radius 3 is 2.41 bits per heavy atom. The van der Waals surface area contributed by atoms with Crippen molar-refractivity contribution in [1.29, 1.82) is 0 Å². The molecule has 0 bridgehead atoms. The van der Waals surface area contributed by atoms with Crippen LogP contribution in [0.5, 0.6) is 0 Å². The van der Waals surface area contributed by atoms with Gasteiger partial charge in [-0.15, -0.1) is 0 Å². The standard InChI is InChI=1S/C16H25N/c1-14(2)11-16(12-17-13-16)10-6-9-15-7-4-3-5-8-15/h3-5,7-8,14,17H,6,9-13H2,1-2H3. The van der Waals surface area contributed by atoms with Crippen molar-refractivity contribution in [2.75, 3.05) is 13.1 Å². The maximum Gasteiger partial charge on any atom is 0.00203 e. The van der Waals surface area contributed by atoms with E-state index in [1.54, 1.807) is 0 Å². The summed E-state index contributed by atoms with van der Waals surface area (Å²) in [5, 5.41) is 3.46. The minimum absolute atomic E-state index is 0.614. The monoisotopic (exact) mass is 231 g/mol. The molecule has 0 aliphatic carbocycles. The van der Waals surface area contributed by atoms with Gasteiger partial charge in [-0.1, -0.05) is 44.2 Å². The Morgan fingerprint density at radius 1 is 1.18 bits per heavy atom. The molecule has 0 aromatic heterocycles. The zero-order valence-corrected chi connectivity index (χ0v) is 11.2. The van der Waals surface area contributed by atoms with Crippen molar-refractivity contribution in [1.82, 2.24) is 5.32 Å². The van der Waals surface area contributed by atoms with Crippen LogP contribution < -0.4 is 5.32 Å². The summed E-state index contributed by atoms with van der Waals surface area (Å²) in [6.07, 6.45) is 5.33. The van der Waals surface area contributed by atoms with Gasteiger partial charge in [0, 0.05) is 13.1 Å². The Kier molecular flexibility index (Phi) is 4.22. The van der Waals surface area contributed by atoms with Crippen LogP contribution in [0.4, 0.5) is 0 Å². The summed E-state index contributed by atoms with van der Waals surface area (Å²) in [4.78, 5) is 0. The normalized spacial score (nSPS) is 18.1. The zero-order chi connectivity index (χ0) is 12.1. The van der Waals surface area contributed by atoms with Crippen molar-refractivity contribution in [2.24, 2.45) is 11.3 Å². The second kappa shape index (κ2) is 5.68. The third-order valence-electron chi connectivity index (χ3n) is 3.86. The van der Waals surface area contributed by atoms with Crippen molar-refractivity contribution in [3.63, 3.8) is 0 Å². The fourth-order valence-corrected chi connectivity index (χ4v) is 3.08. The summed E-state index contributed by atoms with van der Waals surface area (Å²) < 4.78 is 0. The summed E-state index contributed by atoms with van der Waals surface area (Å²) >= 11 is 0. The van der Waals surface area contributed by atoms with E-state index < -0.39 is 0 Å². The molecule has 94 valence electrons. The molecule has 0 spiro atoms. The minimum atomic E-state index is 0.614. The van der Waals surface area contributed by atoms with Crippen LogP contribution in [-0.4, -0.2) is 13.1 Å². The maximum atomic E-state index is 3.46. The van der Waals surface area contributed by atoms with Crippen LogP contribution in [0.2, 0.25) is 0 Å². The molecule has 1 nitrogen and oxygen atoms in total. The Morgan fingerprint density at radius 2 is 1.88 bits per heavy atom. The second-order valence-corrected chi connectivity index (χ2v) is 6.04. The first kappa shape index (κ1) is 12.6. The molecule has 0 unspecified atom stereocenters. The van der Waals surface area contributed by atoms with Crippen molar-refractivity contribution < 1.29 is 0 Å². The highest BCUT2D eigenvalue weighted by Gasteiger charge is 2.36. The Balaban J connectivity index is 1.77. The van der Waals surface area contributed by atoms with Gasteiger partial charge in [-0.25, -0.2) is 0 Å². The van der Waals surface area contributed by atoms with Crippen LogP contribution in [-0.2, 0) is 6.42 Å². The highest BCUT2D eigenvalue weighted by atomic mass is 15.0. The van der Waals surface area contributed by atoms with Crippen molar-refractivity contribution in [3.8, 4) is 0 Å². The molecule has 0 atom stereocenters. The summed E-state index contributed by atoms with van der Waals surface area (Å²) in [5.74, 6) is 0.828. The molecule has 1 fully saturated rings. The molecule has 1 heterocycles. The van der Waals surface area contributed by atoms with E-state index in [0.717, 1.165) is 5.92 Å². The van der Waals surface area contributed by atoms with E-state index in [-0.39, 0.29) is 0 Å². The largest absolute Gasteiger partial charge is 0.316 e. The molecular weight excluding hydrogens is 206 g/mol. The van der Waals surface area contributed by atoms with Crippen LogP contribution in [0.15, 0.2) is 30.3 Å². The van der Waals surface area contributed by atoms with Gasteiger partial charge in [0.15, 0.2) is 0 Å². The first-order valence-electron chi connectivity index (χ1n) is 6.95. The van der Waals surface area contributed by atoms with Crippen LogP contribution in [0.25, 0.3) is 0 Å². The Hall–Kier alpha value is -0.820. The van der Waals surface area contributed by atoms with Crippen LogP contribution in [0, 0.1) is 11.3 Å². The topological polar surface area (TPSA) is 12.0 Å². The van der Waals surface area contributed by atoms with Gasteiger partial charge in [0.05, 0.1) is 0 Å². The molecule has 1 aliphatic rings. The molecule has 1 aliphatic heterocycles. The number of benzene rings is 1. The zero-order valence-electron chi connectivity index (χ0n) is 11.2. The van der Waals surface area contributed by atoms with E-state index in [1.807, 2.05) is 0 Å². The Bertz CT molecular complexity index is 325. The molecule has 17 heavy (non-hydrogen) atoms. The van der Waals surface area contributed by atoms with E-state index in [4.69, 9.17) is 0 Å². The van der Waals surface area contributed by atoms with Crippen molar-refractivity contribution in [3.05, 3.63) is 35.9 Å². The Labute approximate surface area is 106 Å². The fourth-order valence-electron chi connectivity index (χ4n) is 3.08. The SMILES string of the molecule is CC(C)CC1(CCCc2ccccc2)CNC1. The van der Waals surface area contributed by atoms with Gasteiger partial charge in [-0.3, -0.25) is 0 Å². The lowest BCUT2D eigenvalue weighted by atomic mass is 9.71. The number of hydrogen-bond acceptors (Lipinski definition) is 1. The first-order chi connectivity index (χ1) is 8.20. The molecule has 1 saturated heterocycles. The average molecular weight is 231 g/mol. The lowest BCUT2D eigenvalue weighted by molar-refractivity contribution is 0.115. The smallest absolute Gasteiger partial charge is 0.00203 e. The minimum Gasteiger partial charge on any atom is -0.316 e. The summed E-state index contributed by atoms with van der Waals surface area (Å²) in [5.41, 5.74) is 2.10. The van der Waals surface area contributed by atoms with Gasteiger partial charge in [0.2, 0.25) is 0 Å². The predicted molar refractivity (Wildman–Crippen MR) is 74.1 cm³/mol. The first-order valence-corrected chi connectivity index (χ1v) is 6.95. The molecule has 1 aromatic rings. The fraction of sp³-hybridized carbons (Fsp3) is 0.625. The second-order valence-electron chi connectivity index (χ2n) is 6.04. The molecule has 1 aromatic carbocycles. The van der Waals surface area contributed by atoms with E-state index in [2.05, 4.69) is 49.5 Å². The van der Waals surface area contributed by atoms with Gasteiger partial charge < -0.3 is 5.32 Å². The van der Waals surface area contributed by atoms with Crippen LogP contribution in [0.3, 0.4) is 0 Å². The highest BCUT2D eigenvalue weighted by molar-refractivity contribution is 5.14. The van der Waals surface area contributed by atoms with E-state index >= 15 is 0 Å². The number of nitrogens with one attached hydrogen (secondary N) is 1. The number of rotatable bonds is 6. The quantitative estimate of drug-likeness (QED) is 0.788. The number of hydrogen-bond donors (Lipinski definition) is 1.